The molecule has 33 heavy (non-hydrogen) atoms. The van der Waals surface area contributed by atoms with Crippen LogP contribution in [0.4, 0.5) is 4.39 Å². The fraction of sp³-hybridized carbons (Fsp3) is 0.346. The van der Waals surface area contributed by atoms with E-state index in [2.05, 4.69) is 4.72 Å². The Morgan fingerprint density at radius 3 is 2.61 bits per heavy atom. The Hall–Kier alpha value is -2.77. The van der Waals surface area contributed by atoms with Crippen LogP contribution in [-0.4, -0.2) is 25.3 Å². The molecule has 1 heterocycles. The average Bonchev–Trinajstić information content (AvgIpc) is 2.74. The lowest BCUT2D eigenvalue weighted by Crippen LogP contribution is -2.45. The first-order valence-electron chi connectivity index (χ1n) is 11.2. The number of pyridine rings is 1. The van der Waals surface area contributed by atoms with Gasteiger partial charge in [0.2, 0.25) is 10.0 Å². The predicted octanol–water partition coefficient (Wildman–Crippen LogP) is 4.17. The molecule has 1 aliphatic carbocycles. The van der Waals surface area contributed by atoms with Gasteiger partial charge in [0.05, 0.1) is 6.26 Å². The highest BCUT2D eigenvalue weighted by molar-refractivity contribution is 7.88. The van der Waals surface area contributed by atoms with Crippen LogP contribution < -0.4 is 10.3 Å². The molecule has 2 aromatic carbocycles. The maximum absolute atomic E-state index is 14.0. The van der Waals surface area contributed by atoms with Crippen molar-refractivity contribution in [3.8, 4) is 11.1 Å². The third-order valence-corrected chi connectivity index (χ3v) is 7.07. The topological polar surface area (TPSA) is 68.2 Å². The standard InChI is InChI=1S/C26H29FN2O3S/c1-4-29-11-10-19-8-9-24(28-33(3,31)32)23(25(19)26(29)30)15-18-6-5-7-20(14-18)21-12-17(2)13-22(27)16-21/h5-7,10-14,16,23-24,28H,4,8-9,15H2,1-3H3. The molecule has 4 rings (SSSR count). The molecule has 0 amide bonds. The van der Waals surface area contributed by atoms with Crippen LogP contribution in [0.2, 0.25) is 0 Å². The van der Waals surface area contributed by atoms with Crippen molar-refractivity contribution in [2.24, 2.45) is 0 Å². The maximum atomic E-state index is 14.0. The first-order chi connectivity index (χ1) is 15.6. The molecule has 0 radical (unpaired) electrons. The SMILES string of the molecule is CCn1ccc2c(c1=O)C(Cc1cccc(-c3cc(C)cc(F)c3)c1)C(NS(C)(=O)=O)CC2. The number of hydrogen-bond acceptors (Lipinski definition) is 3. The second kappa shape index (κ2) is 9.23. The Morgan fingerprint density at radius 1 is 1.12 bits per heavy atom. The van der Waals surface area contributed by atoms with E-state index in [4.69, 9.17) is 0 Å². The highest BCUT2D eigenvalue weighted by atomic mass is 32.2. The molecule has 0 bridgehead atoms. The molecule has 2 atom stereocenters. The van der Waals surface area contributed by atoms with Gasteiger partial charge in [-0.3, -0.25) is 4.79 Å². The van der Waals surface area contributed by atoms with Gasteiger partial charge < -0.3 is 4.57 Å². The van der Waals surface area contributed by atoms with Crippen molar-refractivity contribution in [1.29, 1.82) is 0 Å². The number of fused-ring (bicyclic) bond motifs is 1. The van der Waals surface area contributed by atoms with Crippen LogP contribution in [0, 0.1) is 12.7 Å². The average molecular weight is 469 g/mol. The summed E-state index contributed by atoms with van der Waals surface area (Å²) in [5.41, 5.74) is 5.11. The fourth-order valence-corrected chi connectivity index (χ4v) is 5.73. The van der Waals surface area contributed by atoms with Gasteiger partial charge in [-0.25, -0.2) is 17.5 Å². The van der Waals surface area contributed by atoms with Gasteiger partial charge in [-0.05, 0) is 79.1 Å². The zero-order valence-electron chi connectivity index (χ0n) is 19.1. The van der Waals surface area contributed by atoms with Crippen LogP contribution in [0.25, 0.3) is 11.1 Å². The lowest BCUT2D eigenvalue weighted by Gasteiger charge is -2.33. The molecule has 1 N–H and O–H groups in total. The highest BCUT2D eigenvalue weighted by Gasteiger charge is 2.34. The molecule has 2 unspecified atom stereocenters. The van der Waals surface area contributed by atoms with Gasteiger partial charge in [0.1, 0.15) is 5.82 Å². The van der Waals surface area contributed by atoms with Crippen molar-refractivity contribution >= 4 is 10.0 Å². The summed E-state index contributed by atoms with van der Waals surface area (Å²) in [6, 6.07) is 14.4. The predicted molar refractivity (Wildman–Crippen MR) is 129 cm³/mol. The molecule has 1 aliphatic rings. The molecule has 5 nitrogen and oxygen atoms in total. The molecule has 1 aromatic heterocycles. The number of hydrogen-bond donors (Lipinski definition) is 1. The van der Waals surface area contributed by atoms with Gasteiger partial charge in [-0.15, -0.1) is 0 Å². The zero-order valence-corrected chi connectivity index (χ0v) is 20.0. The van der Waals surface area contributed by atoms with Crippen molar-refractivity contribution in [3.63, 3.8) is 0 Å². The van der Waals surface area contributed by atoms with E-state index in [1.807, 2.05) is 56.4 Å². The first-order valence-corrected chi connectivity index (χ1v) is 13.1. The Kier molecular flexibility index (Phi) is 6.54. The Balaban J connectivity index is 1.77. The van der Waals surface area contributed by atoms with Crippen molar-refractivity contribution in [2.45, 2.75) is 51.6 Å². The second-order valence-corrected chi connectivity index (χ2v) is 10.7. The third-order valence-electron chi connectivity index (χ3n) is 6.34. The molecule has 7 heteroatoms. The summed E-state index contributed by atoms with van der Waals surface area (Å²) >= 11 is 0. The van der Waals surface area contributed by atoms with Crippen LogP contribution in [0.1, 0.15) is 41.5 Å². The lowest BCUT2D eigenvalue weighted by atomic mass is 9.77. The summed E-state index contributed by atoms with van der Waals surface area (Å²) in [5.74, 6) is -0.575. The molecule has 0 saturated heterocycles. The van der Waals surface area contributed by atoms with E-state index in [9.17, 15) is 17.6 Å². The second-order valence-electron chi connectivity index (χ2n) is 8.91. The smallest absolute Gasteiger partial charge is 0.254 e. The van der Waals surface area contributed by atoms with Crippen LogP contribution in [0.5, 0.6) is 0 Å². The Labute approximate surface area is 194 Å². The van der Waals surface area contributed by atoms with E-state index in [-0.39, 0.29) is 23.3 Å². The van der Waals surface area contributed by atoms with Crippen molar-refractivity contribution < 1.29 is 12.8 Å². The molecule has 174 valence electrons. The highest BCUT2D eigenvalue weighted by Crippen LogP contribution is 2.34. The number of benzene rings is 2. The fourth-order valence-electron chi connectivity index (χ4n) is 4.90. The van der Waals surface area contributed by atoms with Crippen LogP contribution in [0.3, 0.4) is 0 Å². The van der Waals surface area contributed by atoms with Gasteiger partial charge >= 0.3 is 0 Å². The van der Waals surface area contributed by atoms with E-state index in [0.717, 1.165) is 34.1 Å². The number of aromatic nitrogens is 1. The zero-order chi connectivity index (χ0) is 23.8. The van der Waals surface area contributed by atoms with Crippen molar-refractivity contribution in [1.82, 2.24) is 9.29 Å². The molecule has 0 fully saturated rings. The first kappa shape index (κ1) is 23.4. The minimum absolute atomic E-state index is 0.0584. The van der Waals surface area contributed by atoms with E-state index < -0.39 is 10.0 Å². The van der Waals surface area contributed by atoms with Gasteiger partial charge in [-0.2, -0.15) is 0 Å². The largest absolute Gasteiger partial charge is 0.316 e. The monoisotopic (exact) mass is 468 g/mol. The summed E-state index contributed by atoms with van der Waals surface area (Å²) in [4.78, 5) is 13.3. The van der Waals surface area contributed by atoms with Gasteiger partial charge in [0, 0.05) is 30.3 Å². The van der Waals surface area contributed by atoms with Gasteiger partial charge in [0.15, 0.2) is 0 Å². The molecule has 3 aromatic rings. The number of nitrogens with one attached hydrogen (secondary N) is 1. The summed E-state index contributed by atoms with van der Waals surface area (Å²) < 4.78 is 42.6. The molecule has 0 aliphatic heterocycles. The summed E-state index contributed by atoms with van der Waals surface area (Å²) in [6.07, 6.45) is 4.76. The van der Waals surface area contributed by atoms with E-state index in [0.29, 0.717) is 31.4 Å². The minimum atomic E-state index is -3.44. The van der Waals surface area contributed by atoms with E-state index >= 15 is 0 Å². The lowest BCUT2D eigenvalue weighted by molar-refractivity contribution is 0.424. The molecule has 0 saturated carbocycles. The number of rotatable bonds is 6. The number of sulfonamides is 1. The Morgan fingerprint density at radius 2 is 1.91 bits per heavy atom. The maximum Gasteiger partial charge on any atom is 0.254 e. The number of nitrogens with zero attached hydrogens (tertiary/aromatic N) is 1. The molecular formula is C26H29FN2O3S. The summed E-state index contributed by atoms with van der Waals surface area (Å²) in [5, 5.41) is 0. The summed E-state index contributed by atoms with van der Waals surface area (Å²) in [7, 11) is -3.44. The number of halogens is 1. The normalized spacial score (nSPS) is 18.2. The molecular weight excluding hydrogens is 439 g/mol. The Bertz CT molecular complexity index is 1330. The minimum Gasteiger partial charge on any atom is -0.316 e. The van der Waals surface area contributed by atoms with Crippen LogP contribution in [0.15, 0.2) is 59.5 Å². The molecule has 0 spiro atoms. The van der Waals surface area contributed by atoms with Gasteiger partial charge in [-0.1, -0.05) is 30.3 Å². The van der Waals surface area contributed by atoms with Crippen LogP contribution >= 0.6 is 0 Å². The van der Waals surface area contributed by atoms with Crippen molar-refractivity contribution in [3.05, 3.63) is 93.2 Å². The third kappa shape index (κ3) is 5.25. The van der Waals surface area contributed by atoms with Crippen LogP contribution in [-0.2, 0) is 29.4 Å². The summed E-state index contributed by atoms with van der Waals surface area (Å²) in [6.45, 7) is 4.33. The van der Waals surface area contributed by atoms with E-state index in [1.54, 1.807) is 4.57 Å². The quantitative estimate of drug-likeness (QED) is 0.590. The van der Waals surface area contributed by atoms with E-state index in [1.165, 1.54) is 12.1 Å². The van der Waals surface area contributed by atoms with Crippen molar-refractivity contribution in [2.75, 3.05) is 6.26 Å². The number of aryl methyl sites for hydroxylation is 3. The van der Waals surface area contributed by atoms with Gasteiger partial charge in [0.25, 0.3) is 5.56 Å².